The molecule has 0 saturated carbocycles. The van der Waals surface area contributed by atoms with E-state index in [1.165, 1.54) is 0 Å². The van der Waals surface area contributed by atoms with Gasteiger partial charge in [-0.15, -0.1) is 0 Å². The second-order valence-electron chi connectivity index (χ2n) is 4.44. The summed E-state index contributed by atoms with van der Waals surface area (Å²) in [5.74, 6) is 0.186. The highest BCUT2D eigenvalue weighted by atomic mass is 16.5. The minimum atomic E-state index is -0.585. The number of nitrogen functional groups attached to an aromatic ring is 1. The predicted octanol–water partition coefficient (Wildman–Crippen LogP) is 1.94. The molecule has 1 aromatic carbocycles. The number of rotatable bonds is 4. The molecule has 1 heterocycles. The number of nitrogens with zero attached hydrogens (tertiary/aromatic N) is 2. The van der Waals surface area contributed by atoms with Crippen LogP contribution in [0.5, 0.6) is 11.5 Å². The summed E-state index contributed by atoms with van der Waals surface area (Å²) in [4.78, 5) is 11.3. The van der Waals surface area contributed by atoms with Gasteiger partial charge in [-0.25, -0.2) is 0 Å². The van der Waals surface area contributed by atoms with Gasteiger partial charge in [0, 0.05) is 6.04 Å². The fourth-order valence-corrected chi connectivity index (χ4v) is 1.64. The van der Waals surface area contributed by atoms with Gasteiger partial charge >= 0.3 is 0 Å². The van der Waals surface area contributed by atoms with Crippen LogP contribution in [0.1, 0.15) is 30.2 Å². The first-order valence-electron chi connectivity index (χ1n) is 5.89. The van der Waals surface area contributed by atoms with Gasteiger partial charge in [-0.05, 0) is 26.0 Å². The Labute approximate surface area is 111 Å². The quantitative estimate of drug-likeness (QED) is 0.821. The topological polar surface area (TPSA) is 96.2 Å². The van der Waals surface area contributed by atoms with Gasteiger partial charge in [-0.1, -0.05) is 6.07 Å². The average molecular weight is 260 g/mol. The van der Waals surface area contributed by atoms with Crippen LogP contribution in [-0.2, 0) is 0 Å². The minimum Gasteiger partial charge on any atom is -0.451 e. The van der Waals surface area contributed by atoms with Crippen molar-refractivity contribution in [2.45, 2.75) is 19.9 Å². The Kier molecular flexibility index (Phi) is 3.41. The van der Waals surface area contributed by atoms with E-state index in [1.807, 2.05) is 13.8 Å². The lowest BCUT2D eigenvalue weighted by Gasteiger charge is -2.10. The molecule has 6 heteroatoms. The molecule has 0 unspecified atom stereocenters. The van der Waals surface area contributed by atoms with Crippen molar-refractivity contribution in [3.05, 3.63) is 36.2 Å². The predicted molar refractivity (Wildman–Crippen MR) is 72.1 cm³/mol. The van der Waals surface area contributed by atoms with Crippen molar-refractivity contribution in [3.63, 3.8) is 0 Å². The third-order valence-electron chi connectivity index (χ3n) is 2.64. The molecule has 4 N–H and O–H groups in total. The molecule has 19 heavy (non-hydrogen) atoms. The minimum absolute atomic E-state index is 0.223. The standard InChI is InChI=1S/C13H16N4O2/c1-8(2)17-7-9(6-16-17)19-12-10(13(15)18)4-3-5-11(12)14/h3-8H,14H2,1-2H3,(H2,15,18). The molecule has 0 radical (unpaired) electrons. The van der Waals surface area contributed by atoms with Gasteiger partial charge in [0.05, 0.1) is 23.6 Å². The van der Waals surface area contributed by atoms with E-state index in [0.29, 0.717) is 11.4 Å². The third-order valence-corrected chi connectivity index (χ3v) is 2.64. The molecule has 1 amide bonds. The van der Waals surface area contributed by atoms with Crippen molar-refractivity contribution in [1.82, 2.24) is 9.78 Å². The molecule has 100 valence electrons. The zero-order chi connectivity index (χ0) is 14.0. The number of benzene rings is 1. The summed E-state index contributed by atoms with van der Waals surface area (Å²) in [6, 6.07) is 5.09. The van der Waals surface area contributed by atoms with Crippen LogP contribution >= 0.6 is 0 Å². The van der Waals surface area contributed by atoms with Gasteiger partial charge in [0.15, 0.2) is 11.5 Å². The van der Waals surface area contributed by atoms with Crippen molar-refractivity contribution >= 4 is 11.6 Å². The molecule has 0 aliphatic rings. The average Bonchev–Trinajstić information content (AvgIpc) is 2.80. The summed E-state index contributed by atoms with van der Waals surface area (Å²) in [6.45, 7) is 4.00. The molecule has 0 spiro atoms. The number of ether oxygens (including phenoxy) is 1. The molecule has 0 bridgehead atoms. The number of hydrogen-bond acceptors (Lipinski definition) is 4. The van der Waals surface area contributed by atoms with E-state index in [0.717, 1.165) is 0 Å². The number of para-hydroxylation sites is 1. The van der Waals surface area contributed by atoms with E-state index in [2.05, 4.69) is 5.10 Å². The number of primary amides is 1. The second kappa shape index (κ2) is 5.01. The van der Waals surface area contributed by atoms with Crippen LogP contribution in [0, 0.1) is 0 Å². The smallest absolute Gasteiger partial charge is 0.252 e. The van der Waals surface area contributed by atoms with E-state index in [9.17, 15) is 4.79 Å². The largest absolute Gasteiger partial charge is 0.451 e. The highest BCUT2D eigenvalue weighted by Crippen LogP contribution is 2.31. The summed E-state index contributed by atoms with van der Waals surface area (Å²) in [5.41, 5.74) is 11.7. The van der Waals surface area contributed by atoms with E-state index < -0.39 is 5.91 Å². The number of amides is 1. The Bertz CT molecular complexity index is 604. The summed E-state index contributed by atoms with van der Waals surface area (Å²) in [5, 5.41) is 4.15. The molecule has 1 aromatic heterocycles. The van der Waals surface area contributed by atoms with Crippen LogP contribution in [-0.4, -0.2) is 15.7 Å². The molecule has 2 aromatic rings. The Morgan fingerprint density at radius 1 is 1.42 bits per heavy atom. The number of aromatic nitrogens is 2. The van der Waals surface area contributed by atoms with E-state index in [4.69, 9.17) is 16.2 Å². The van der Waals surface area contributed by atoms with Crippen LogP contribution in [0.25, 0.3) is 0 Å². The Morgan fingerprint density at radius 2 is 2.16 bits per heavy atom. The molecule has 0 fully saturated rings. The Morgan fingerprint density at radius 3 is 2.74 bits per heavy atom. The van der Waals surface area contributed by atoms with Crippen LogP contribution in [0.2, 0.25) is 0 Å². The zero-order valence-electron chi connectivity index (χ0n) is 10.8. The lowest BCUT2D eigenvalue weighted by molar-refractivity contribution is 0.0998. The lowest BCUT2D eigenvalue weighted by Crippen LogP contribution is -2.13. The fourth-order valence-electron chi connectivity index (χ4n) is 1.64. The second-order valence-corrected chi connectivity index (χ2v) is 4.44. The van der Waals surface area contributed by atoms with E-state index >= 15 is 0 Å². The molecule has 6 nitrogen and oxygen atoms in total. The molecular formula is C13H16N4O2. The van der Waals surface area contributed by atoms with Gasteiger partial charge in [0.25, 0.3) is 5.91 Å². The maximum absolute atomic E-state index is 11.3. The van der Waals surface area contributed by atoms with Gasteiger partial charge in [0.2, 0.25) is 0 Å². The first kappa shape index (κ1) is 12.9. The summed E-state index contributed by atoms with van der Waals surface area (Å²) in [6.07, 6.45) is 3.30. The highest BCUT2D eigenvalue weighted by Gasteiger charge is 2.14. The molecule has 0 aliphatic carbocycles. The number of carbonyl (C=O) groups is 1. The van der Waals surface area contributed by atoms with Gasteiger partial charge in [-0.2, -0.15) is 5.10 Å². The normalized spacial score (nSPS) is 10.7. The Balaban J connectivity index is 2.34. The van der Waals surface area contributed by atoms with Crippen molar-refractivity contribution in [2.24, 2.45) is 5.73 Å². The van der Waals surface area contributed by atoms with Gasteiger partial charge in [0.1, 0.15) is 0 Å². The Hall–Kier alpha value is -2.50. The van der Waals surface area contributed by atoms with Crippen molar-refractivity contribution < 1.29 is 9.53 Å². The first-order chi connectivity index (χ1) is 8.99. The van der Waals surface area contributed by atoms with Crippen molar-refractivity contribution in [2.75, 3.05) is 5.73 Å². The number of hydrogen-bond donors (Lipinski definition) is 2. The number of anilines is 1. The summed E-state index contributed by atoms with van der Waals surface area (Å²) < 4.78 is 7.37. The fraction of sp³-hybridized carbons (Fsp3) is 0.231. The molecule has 2 rings (SSSR count). The molecule has 0 atom stereocenters. The number of carbonyl (C=O) groups excluding carboxylic acids is 1. The zero-order valence-corrected chi connectivity index (χ0v) is 10.8. The van der Waals surface area contributed by atoms with Gasteiger partial charge < -0.3 is 16.2 Å². The number of nitrogens with two attached hydrogens (primary N) is 2. The monoisotopic (exact) mass is 260 g/mol. The van der Waals surface area contributed by atoms with Crippen LogP contribution in [0.15, 0.2) is 30.6 Å². The molecule has 0 aliphatic heterocycles. The maximum Gasteiger partial charge on any atom is 0.252 e. The lowest BCUT2D eigenvalue weighted by atomic mass is 10.1. The third kappa shape index (κ3) is 2.67. The van der Waals surface area contributed by atoms with Crippen LogP contribution in [0.4, 0.5) is 5.69 Å². The molecular weight excluding hydrogens is 244 g/mol. The maximum atomic E-state index is 11.3. The van der Waals surface area contributed by atoms with Crippen LogP contribution < -0.4 is 16.2 Å². The van der Waals surface area contributed by atoms with E-state index in [1.54, 1.807) is 35.3 Å². The summed E-state index contributed by atoms with van der Waals surface area (Å²) in [7, 11) is 0. The van der Waals surface area contributed by atoms with Crippen LogP contribution in [0.3, 0.4) is 0 Å². The first-order valence-corrected chi connectivity index (χ1v) is 5.89. The van der Waals surface area contributed by atoms with E-state index in [-0.39, 0.29) is 17.4 Å². The summed E-state index contributed by atoms with van der Waals surface area (Å²) >= 11 is 0. The van der Waals surface area contributed by atoms with Crippen molar-refractivity contribution in [1.29, 1.82) is 0 Å². The molecule has 0 saturated heterocycles. The van der Waals surface area contributed by atoms with Gasteiger partial charge in [-0.3, -0.25) is 9.48 Å². The van der Waals surface area contributed by atoms with Crippen molar-refractivity contribution in [3.8, 4) is 11.5 Å². The SMILES string of the molecule is CC(C)n1cc(Oc2c(N)cccc2C(N)=O)cn1. The highest BCUT2D eigenvalue weighted by molar-refractivity contribution is 5.97.